The van der Waals surface area contributed by atoms with Gasteiger partial charge in [-0.1, -0.05) is 128 Å². The number of anilines is 1. The second-order valence-electron chi connectivity index (χ2n) is 28.1. The van der Waals surface area contributed by atoms with Crippen molar-refractivity contribution in [1.29, 1.82) is 0 Å². The Labute approximate surface area is 726 Å². The zero-order valence-corrected chi connectivity index (χ0v) is 72.6. The van der Waals surface area contributed by atoms with Gasteiger partial charge in [0.15, 0.2) is 51.7 Å². The lowest BCUT2D eigenvalue weighted by molar-refractivity contribution is 0.288. The van der Waals surface area contributed by atoms with Crippen LogP contribution < -0.4 is 43.2 Å². The highest BCUT2D eigenvalue weighted by molar-refractivity contribution is 9.10. The average molecular weight is 1730 g/mol. The minimum Gasteiger partial charge on any atom is -0.490 e. The van der Waals surface area contributed by atoms with E-state index in [2.05, 4.69) is 119 Å². The summed E-state index contributed by atoms with van der Waals surface area (Å²) in [7, 11) is 0. The van der Waals surface area contributed by atoms with Crippen LogP contribution in [0.3, 0.4) is 0 Å². The molecule has 0 saturated carbocycles. The number of H-pyrrole nitrogens is 1. The summed E-state index contributed by atoms with van der Waals surface area (Å²) in [6.45, 7) is 36.3. The molecule has 0 bridgehead atoms. The second kappa shape index (κ2) is 42.7. The molecule has 0 unspecified atom stereocenters. The molecule has 2 N–H and O–H groups in total. The highest BCUT2D eigenvalue weighted by Crippen LogP contribution is 2.40. The number of ether oxygens (including phenoxy) is 8. The summed E-state index contributed by atoms with van der Waals surface area (Å²) in [4.78, 5) is 33.2. The minimum atomic E-state index is 0.401. The number of nitrogens with one attached hydrogen (secondary N) is 2. The van der Waals surface area contributed by atoms with Gasteiger partial charge >= 0.3 is 0 Å². The van der Waals surface area contributed by atoms with E-state index in [-0.39, 0.29) is 0 Å². The molecule has 28 heteroatoms. The Kier molecular flexibility index (Phi) is 30.1. The van der Waals surface area contributed by atoms with Crippen LogP contribution in [-0.2, 0) is 12.8 Å². The third kappa shape index (κ3) is 21.8. The minimum absolute atomic E-state index is 0.401. The first kappa shape index (κ1) is 87.4. The van der Waals surface area contributed by atoms with Gasteiger partial charge < -0.3 is 70.8 Å². The van der Waals surface area contributed by atoms with Crippen LogP contribution in [0, 0.1) is 26.3 Å². The number of fused-ring (bicyclic) bond motifs is 2. The normalized spacial score (nSPS) is 11.1. The molecule has 7 aromatic heterocycles. The summed E-state index contributed by atoms with van der Waals surface area (Å²) >= 11 is 3.53. The summed E-state index contributed by atoms with van der Waals surface area (Å²) < 4.78 is 73.3. The SMILES string of the molecule is CC(C)Cc1cccc(-c2nc(-c3ccncc3)no2)c1.CCOc1ccc(-c2nc(-c3ccc4cc[nH]c4c3)no2)cc1OCC.CCOc1ccc(-c2nc(-c3cccc(Br)c3C)no2)cc1OCC.CCOc1ccc(-c2nc(-c3cccc4c3CCN4)no2)cc1OCC.[C-]#[N+]c1ccc(-c2noc(-c3ccc(OCC)c(OCC)c3)n2)c(C)c1. The summed E-state index contributed by atoms with van der Waals surface area (Å²) in [6.07, 6.45) is 7.35. The molecule has 0 saturated heterocycles. The van der Waals surface area contributed by atoms with Gasteiger partial charge in [-0.2, -0.15) is 24.9 Å². The molecule has 0 radical (unpaired) electrons. The molecule has 27 nitrogen and oxygen atoms in total. The quantitative estimate of drug-likeness (QED) is 0.0430. The molecule has 634 valence electrons. The van der Waals surface area contributed by atoms with Gasteiger partial charge in [-0.3, -0.25) is 4.98 Å². The largest absolute Gasteiger partial charge is 0.490 e. The van der Waals surface area contributed by atoms with Gasteiger partial charge in [-0.15, -0.1) is 0 Å². The van der Waals surface area contributed by atoms with Crippen LogP contribution in [0.2, 0.25) is 0 Å². The smallest absolute Gasteiger partial charge is 0.258 e. The third-order valence-electron chi connectivity index (χ3n) is 19.1. The van der Waals surface area contributed by atoms with Gasteiger partial charge in [-0.05, 0) is 231 Å². The highest BCUT2D eigenvalue weighted by Gasteiger charge is 2.24. The van der Waals surface area contributed by atoms with Crippen molar-refractivity contribution in [1.82, 2.24) is 60.7 Å². The van der Waals surface area contributed by atoms with Crippen molar-refractivity contribution in [3.8, 4) is 160 Å². The van der Waals surface area contributed by atoms with Gasteiger partial charge in [-0.25, -0.2) is 4.85 Å². The summed E-state index contributed by atoms with van der Waals surface area (Å²) in [5.41, 5.74) is 16.0. The topological polar surface area (TPSA) is 314 Å². The predicted molar refractivity (Wildman–Crippen MR) is 479 cm³/mol. The van der Waals surface area contributed by atoms with Crippen LogP contribution in [-0.4, -0.2) is 120 Å². The van der Waals surface area contributed by atoms with Crippen LogP contribution >= 0.6 is 15.9 Å². The van der Waals surface area contributed by atoms with Crippen LogP contribution in [0.4, 0.5) is 11.4 Å². The lowest BCUT2D eigenvalue weighted by atomic mass is 10.0. The van der Waals surface area contributed by atoms with Crippen molar-refractivity contribution >= 4 is 38.2 Å². The Balaban J connectivity index is 0.000000133. The van der Waals surface area contributed by atoms with E-state index in [9.17, 15) is 0 Å². The molecule has 0 fully saturated rings. The van der Waals surface area contributed by atoms with Gasteiger partial charge in [0.25, 0.3) is 29.5 Å². The first-order valence-corrected chi connectivity index (χ1v) is 41.8. The molecule has 8 heterocycles. The first-order valence-electron chi connectivity index (χ1n) is 41.1. The maximum Gasteiger partial charge on any atom is 0.258 e. The number of pyridine rings is 1. The second-order valence-corrected chi connectivity index (χ2v) is 28.9. The molecule has 1 aliphatic rings. The number of nitrogens with zero attached hydrogens (tertiary/aromatic N) is 12. The van der Waals surface area contributed by atoms with Crippen molar-refractivity contribution in [3.05, 3.63) is 245 Å². The number of halogens is 1. The molecular formula is C96H95BrN14O13. The van der Waals surface area contributed by atoms with Crippen LogP contribution in [0.25, 0.3) is 130 Å². The van der Waals surface area contributed by atoms with Crippen molar-refractivity contribution in [3.63, 3.8) is 0 Å². The van der Waals surface area contributed by atoms with E-state index in [0.717, 1.165) is 107 Å². The lowest BCUT2D eigenvalue weighted by Gasteiger charge is -2.11. The number of aryl methyl sites for hydroxylation is 1. The van der Waals surface area contributed by atoms with Gasteiger partial charge in [0.05, 0.1) is 59.4 Å². The number of aromatic nitrogens is 12. The monoisotopic (exact) mass is 1730 g/mol. The number of hydrogen-bond donors (Lipinski definition) is 2. The van der Waals surface area contributed by atoms with E-state index in [1.165, 1.54) is 11.1 Å². The van der Waals surface area contributed by atoms with E-state index < -0.39 is 0 Å². The van der Waals surface area contributed by atoms with E-state index in [1.807, 2.05) is 239 Å². The van der Waals surface area contributed by atoms with Crippen molar-refractivity contribution in [2.45, 2.75) is 95.9 Å². The Morgan fingerprint density at radius 1 is 0.403 bits per heavy atom. The van der Waals surface area contributed by atoms with Crippen LogP contribution in [0.5, 0.6) is 46.0 Å². The van der Waals surface area contributed by atoms with E-state index in [1.54, 1.807) is 18.5 Å². The standard InChI is InChI=1S/C20H19N3O3.C20H21N3O3.C20H19N3O3.C19H19BrN2O3.C17H17N3O/c1-3-24-17-8-7-15(12-18(17)25-4-2)20-22-19(23-26-20)14-6-5-13-9-10-21-16(13)11-14;1-3-24-17-9-8-13(12-18(17)25-4-2)20-22-19(23-26-20)15-6-5-7-16-14(15)10-11-21-16;1-5-24-17-10-7-14(12-18(17)25-6-2)20-22-19(23-26-20)16-9-8-15(21-4)11-13(16)3;1-4-23-16-10-9-13(11-17(16)24-5-2)19-21-18(22-25-19)14-7-6-8-15(20)12(14)3;1-12(2)10-13-4-3-5-15(11-13)17-19-16(20-21-17)14-6-8-18-9-7-14/h5-12,21H,3-4H2,1-2H3;5-9,12,21H,3-4,10-11H2,1-2H3;7-12H,5-6H2,1-3H3;6-11H,4-5H2,1-3H3;3-9,11-12H,10H2,1-2H3. The van der Waals surface area contributed by atoms with E-state index in [4.69, 9.17) is 67.1 Å². The fraction of sp³-hybridized carbons (Fsp3) is 0.250. The maximum atomic E-state index is 7.09. The van der Waals surface area contributed by atoms with Crippen molar-refractivity contribution in [2.24, 2.45) is 5.92 Å². The number of rotatable bonds is 28. The Morgan fingerprint density at radius 3 is 1.30 bits per heavy atom. The van der Waals surface area contributed by atoms with E-state index >= 15 is 0 Å². The van der Waals surface area contributed by atoms with Gasteiger partial charge in [0.2, 0.25) is 29.1 Å². The predicted octanol–water partition coefficient (Wildman–Crippen LogP) is 23.2. The molecule has 0 spiro atoms. The summed E-state index contributed by atoms with van der Waals surface area (Å²) in [5, 5.41) is 25.1. The third-order valence-corrected chi connectivity index (χ3v) is 19.9. The zero-order chi connectivity index (χ0) is 86.9. The fourth-order valence-electron chi connectivity index (χ4n) is 13.4. The number of hydrogen-bond acceptors (Lipinski definition) is 25. The molecule has 0 atom stereocenters. The molecule has 9 aromatic carbocycles. The molecule has 0 amide bonds. The lowest BCUT2D eigenvalue weighted by Crippen LogP contribution is -1.98. The fourth-order valence-corrected chi connectivity index (χ4v) is 13.7. The van der Waals surface area contributed by atoms with Gasteiger partial charge in [0.1, 0.15) is 0 Å². The number of benzene rings is 9. The highest BCUT2D eigenvalue weighted by atomic mass is 79.9. The Bertz CT molecular complexity index is 6250. The molecule has 0 aliphatic carbocycles. The van der Waals surface area contributed by atoms with E-state index in [0.29, 0.717) is 169 Å². The Morgan fingerprint density at radius 2 is 0.823 bits per heavy atom. The average Bonchev–Trinajstić information content (AvgIpc) is 1.72. The first-order chi connectivity index (χ1) is 60.6. The number of aromatic amines is 1. The van der Waals surface area contributed by atoms with Crippen molar-refractivity contribution in [2.75, 3.05) is 64.7 Å². The molecule has 1 aliphatic heterocycles. The van der Waals surface area contributed by atoms with Gasteiger partial charge in [0, 0.05) is 96.4 Å². The molecule has 124 heavy (non-hydrogen) atoms. The zero-order valence-electron chi connectivity index (χ0n) is 71.0. The summed E-state index contributed by atoms with van der Waals surface area (Å²) in [5.74, 6) is 11.2. The molecule has 17 rings (SSSR count). The van der Waals surface area contributed by atoms with Crippen LogP contribution in [0.1, 0.15) is 91.5 Å². The molecular weight excluding hydrogens is 1640 g/mol. The maximum absolute atomic E-state index is 7.09. The van der Waals surface area contributed by atoms with Crippen molar-refractivity contribution < 1.29 is 60.5 Å². The summed E-state index contributed by atoms with van der Waals surface area (Å²) in [6, 6.07) is 59.9. The Hall–Kier alpha value is -14.5. The molecule has 16 aromatic rings. The van der Waals surface area contributed by atoms with Crippen LogP contribution in [0.15, 0.2) is 234 Å².